The Balaban J connectivity index is 2.16. The summed E-state index contributed by atoms with van der Waals surface area (Å²) in [5, 5.41) is 24.1. The molecule has 1 heterocycles. The van der Waals surface area contributed by atoms with Crippen molar-refractivity contribution >= 4 is 5.97 Å². The quantitative estimate of drug-likeness (QED) is 0.593. The molecule has 0 spiro atoms. The monoisotopic (exact) mass is 398 g/mol. The fourth-order valence-electron chi connectivity index (χ4n) is 3.04. The van der Waals surface area contributed by atoms with Crippen LogP contribution in [0.5, 0.6) is 5.75 Å². The number of aromatic carboxylic acids is 1. The molecule has 0 aliphatic heterocycles. The van der Waals surface area contributed by atoms with Gasteiger partial charge in [0.1, 0.15) is 11.6 Å². The maximum absolute atomic E-state index is 13.8. The van der Waals surface area contributed by atoms with Crippen LogP contribution in [0.25, 0.3) is 22.5 Å². The second kappa shape index (κ2) is 8.87. The lowest BCUT2D eigenvalue weighted by molar-refractivity contribution is 0.0697. The summed E-state index contributed by atoms with van der Waals surface area (Å²) in [6, 6.07) is 12.4. The highest BCUT2D eigenvalue weighted by atomic mass is 19.1. The van der Waals surface area contributed by atoms with Crippen LogP contribution in [0.2, 0.25) is 0 Å². The molecule has 6 nitrogen and oxygen atoms in total. The fourth-order valence-corrected chi connectivity index (χ4v) is 3.04. The van der Waals surface area contributed by atoms with E-state index in [4.69, 9.17) is 4.74 Å². The predicted molar refractivity (Wildman–Crippen MR) is 107 cm³/mol. The van der Waals surface area contributed by atoms with E-state index in [-0.39, 0.29) is 17.9 Å². The highest BCUT2D eigenvalue weighted by Gasteiger charge is 2.18. The van der Waals surface area contributed by atoms with Crippen LogP contribution >= 0.6 is 0 Å². The third kappa shape index (κ3) is 4.63. The number of nitrogens with zero attached hydrogens (tertiary/aromatic N) is 2. The molecule has 29 heavy (non-hydrogen) atoms. The van der Waals surface area contributed by atoms with Gasteiger partial charge in [-0.3, -0.25) is 4.68 Å². The van der Waals surface area contributed by atoms with E-state index in [1.807, 2.05) is 13.8 Å². The first-order valence-electron chi connectivity index (χ1n) is 9.45. The van der Waals surface area contributed by atoms with E-state index in [1.165, 1.54) is 24.3 Å². The molecule has 2 N–H and O–H groups in total. The molecule has 3 aromatic rings. The van der Waals surface area contributed by atoms with E-state index in [0.717, 1.165) is 0 Å². The number of hydrogen-bond acceptors (Lipinski definition) is 4. The Bertz CT molecular complexity index is 1020. The van der Waals surface area contributed by atoms with Crippen molar-refractivity contribution in [2.75, 3.05) is 6.61 Å². The van der Waals surface area contributed by atoms with Crippen LogP contribution in [0.15, 0.2) is 48.5 Å². The highest BCUT2D eigenvalue weighted by Crippen LogP contribution is 2.33. The second-order valence-electron chi connectivity index (χ2n) is 6.62. The third-order valence-electron chi connectivity index (χ3n) is 4.56. The molecule has 3 rings (SSSR count). The van der Waals surface area contributed by atoms with Crippen LogP contribution in [0, 0.1) is 5.82 Å². The molecule has 1 atom stereocenters. The Morgan fingerprint density at radius 2 is 2.00 bits per heavy atom. The van der Waals surface area contributed by atoms with E-state index >= 15 is 0 Å². The normalized spacial score (nSPS) is 12.0. The number of carbonyl (C=O) groups is 1. The molecular weight excluding hydrogens is 375 g/mol. The Labute approximate surface area is 168 Å². The minimum Gasteiger partial charge on any atom is -0.493 e. The molecule has 0 bridgehead atoms. The molecule has 0 fully saturated rings. The molecule has 0 aliphatic carbocycles. The Hall–Kier alpha value is -3.19. The Morgan fingerprint density at radius 3 is 2.66 bits per heavy atom. The zero-order chi connectivity index (χ0) is 21.0. The second-order valence-corrected chi connectivity index (χ2v) is 6.62. The highest BCUT2D eigenvalue weighted by molar-refractivity contribution is 5.90. The van der Waals surface area contributed by atoms with Crippen LogP contribution in [-0.4, -0.2) is 38.7 Å². The standard InChI is InChI=1S/C22H23FN2O4/c1-3-17(26)13-25-20(14-6-5-7-16(23)10-14)12-19(24-25)18-11-15(22(27)28)8-9-21(18)29-4-2/h5-12,17,26H,3-4,13H2,1-2H3,(H,27,28). The van der Waals surface area contributed by atoms with E-state index in [9.17, 15) is 19.4 Å². The van der Waals surface area contributed by atoms with Gasteiger partial charge >= 0.3 is 5.97 Å². The molecule has 0 saturated heterocycles. The molecule has 0 amide bonds. The van der Waals surface area contributed by atoms with Crippen molar-refractivity contribution in [2.24, 2.45) is 0 Å². The van der Waals surface area contributed by atoms with Crippen molar-refractivity contribution < 1.29 is 24.1 Å². The van der Waals surface area contributed by atoms with Crippen LogP contribution in [-0.2, 0) is 6.54 Å². The summed E-state index contributed by atoms with van der Waals surface area (Å²) in [5.74, 6) is -0.930. The van der Waals surface area contributed by atoms with E-state index in [2.05, 4.69) is 5.10 Å². The maximum atomic E-state index is 13.8. The predicted octanol–water partition coefficient (Wildman–Crippen LogP) is 4.22. The van der Waals surface area contributed by atoms with Crippen molar-refractivity contribution in [3.63, 3.8) is 0 Å². The van der Waals surface area contributed by atoms with Gasteiger partial charge in [0.25, 0.3) is 0 Å². The van der Waals surface area contributed by atoms with Gasteiger partial charge in [-0.2, -0.15) is 5.10 Å². The molecule has 1 unspecified atom stereocenters. The molecule has 1 aromatic heterocycles. The van der Waals surface area contributed by atoms with Crippen LogP contribution in [0.4, 0.5) is 4.39 Å². The molecule has 152 valence electrons. The molecule has 2 aromatic carbocycles. The van der Waals surface area contributed by atoms with Gasteiger partial charge in [0.15, 0.2) is 0 Å². The molecular formula is C22H23FN2O4. The number of carboxylic acids is 1. The number of aliphatic hydroxyl groups is 1. The van der Waals surface area contributed by atoms with Crippen LogP contribution < -0.4 is 4.74 Å². The van der Waals surface area contributed by atoms with Crippen molar-refractivity contribution in [2.45, 2.75) is 32.9 Å². The summed E-state index contributed by atoms with van der Waals surface area (Å²) in [4.78, 5) is 11.4. The van der Waals surface area contributed by atoms with Gasteiger partial charge in [0, 0.05) is 11.1 Å². The number of aliphatic hydroxyl groups excluding tert-OH is 1. The third-order valence-corrected chi connectivity index (χ3v) is 4.56. The zero-order valence-corrected chi connectivity index (χ0v) is 16.3. The molecule has 7 heteroatoms. The molecule has 0 aliphatic rings. The Morgan fingerprint density at radius 1 is 1.21 bits per heavy atom. The number of ether oxygens (including phenoxy) is 1. The van der Waals surface area contributed by atoms with Gasteiger partial charge in [0.05, 0.1) is 36.2 Å². The van der Waals surface area contributed by atoms with Crippen LogP contribution in [0.1, 0.15) is 30.6 Å². The summed E-state index contributed by atoms with van der Waals surface area (Å²) in [6.45, 7) is 4.33. The number of hydrogen-bond donors (Lipinski definition) is 2. The number of carboxylic acid groups (broad SMARTS) is 1. The topological polar surface area (TPSA) is 84.6 Å². The first-order valence-corrected chi connectivity index (χ1v) is 9.45. The first-order chi connectivity index (χ1) is 13.9. The van der Waals surface area contributed by atoms with Gasteiger partial charge in [-0.05, 0) is 49.7 Å². The number of aromatic nitrogens is 2. The number of rotatable bonds is 8. The lowest BCUT2D eigenvalue weighted by Crippen LogP contribution is -2.16. The van der Waals surface area contributed by atoms with Crippen molar-refractivity contribution in [3.8, 4) is 28.3 Å². The number of benzene rings is 2. The average molecular weight is 398 g/mol. The minimum absolute atomic E-state index is 0.110. The van der Waals surface area contributed by atoms with Crippen molar-refractivity contribution in [1.29, 1.82) is 0 Å². The SMILES string of the molecule is CCOc1ccc(C(=O)O)cc1-c1cc(-c2cccc(F)c2)n(CC(O)CC)n1. The summed E-state index contributed by atoms with van der Waals surface area (Å²) in [5.41, 5.74) is 2.35. The lowest BCUT2D eigenvalue weighted by Gasteiger charge is -2.12. The molecule has 0 radical (unpaired) electrons. The first kappa shape index (κ1) is 20.5. The van der Waals surface area contributed by atoms with E-state index < -0.39 is 12.1 Å². The summed E-state index contributed by atoms with van der Waals surface area (Å²) >= 11 is 0. The van der Waals surface area contributed by atoms with Gasteiger partial charge in [0.2, 0.25) is 0 Å². The van der Waals surface area contributed by atoms with Gasteiger partial charge in [-0.1, -0.05) is 19.1 Å². The fraction of sp³-hybridized carbons (Fsp3) is 0.273. The Kier molecular flexibility index (Phi) is 6.29. The smallest absolute Gasteiger partial charge is 0.335 e. The largest absolute Gasteiger partial charge is 0.493 e. The minimum atomic E-state index is -1.06. The van der Waals surface area contributed by atoms with Crippen LogP contribution in [0.3, 0.4) is 0 Å². The summed E-state index contributed by atoms with van der Waals surface area (Å²) in [7, 11) is 0. The van der Waals surface area contributed by atoms with Gasteiger partial charge < -0.3 is 14.9 Å². The maximum Gasteiger partial charge on any atom is 0.335 e. The van der Waals surface area contributed by atoms with E-state index in [0.29, 0.717) is 41.3 Å². The van der Waals surface area contributed by atoms with E-state index in [1.54, 1.807) is 28.9 Å². The number of halogens is 1. The molecule has 0 saturated carbocycles. The van der Waals surface area contributed by atoms with Crippen molar-refractivity contribution in [1.82, 2.24) is 9.78 Å². The average Bonchev–Trinajstić information content (AvgIpc) is 3.11. The van der Waals surface area contributed by atoms with Gasteiger partial charge in [-0.15, -0.1) is 0 Å². The summed E-state index contributed by atoms with van der Waals surface area (Å²) < 4.78 is 21.0. The zero-order valence-electron chi connectivity index (χ0n) is 16.3. The lowest BCUT2D eigenvalue weighted by atomic mass is 10.1. The summed E-state index contributed by atoms with van der Waals surface area (Å²) in [6.07, 6.45) is -0.0806. The van der Waals surface area contributed by atoms with Gasteiger partial charge in [-0.25, -0.2) is 9.18 Å². The van der Waals surface area contributed by atoms with Crippen molar-refractivity contribution in [3.05, 3.63) is 59.9 Å².